The first-order valence-corrected chi connectivity index (χ1v) is 6.10. The molecule has 1 fully saturated rings. The van der Waals surface area contributed by atoms with Gasteiger partial charge in [-0.15, -0.1) is 0 Å². The standard InChI is InChI=1S/C11H20N4O2/c1-3-11-13-10(14-17-11)8-15(2)7-9-6-12-4-5-16-9/h9,12H,3-8H2,1-2H3. The van der Waals surface area contributed by atoms with Crippen molar-refractivity contribution in [3.8, 4) is 0 Å². The minimum Gasteiger partial charge on any atom is -0.374 e. The van der Waals surface area contributed by atoms with Gasteiger partial charge in [-0.05, 0) is 7.05 Å². The number of aryl methyl sites for hydroxylation is 1. The summed E-state index contributed by atoms with van der Waals surface area (Å²) < 4.78 is 10.7. The summed E-state index contributed by atoms with van der Waals surface area (Å²) in [4.78, 5) is 6.44. The van der Waals surface area contributed by atoms with Gasteiger partial charge in [-0.3, -0.25) is 4.90 Å². The number of hydrogen-bond donors (Lipinski definition) is 1. The number of nitrogens with one attached hydrogen (secondary N) is 1. The molecule has 17 heavy (non-hydrogen) atoms. The van der Waals surface area contributed by atoms with Crippen molar-refractivity contribution in [2.45, 2.75) is 26.0 Å². The zero-order valence-corrected chi connectivity index (χ0v) is 10.5. The maximum absolute atomic E-state index is 5.64. The van der Waals surface area contributed by atoms with E-state index in [9.17, 15) is 0 Å². The first kappa shape index (κ1) is 12.5. The molecule has 0 spiro atoms. The molecule has 1 N–H and O–H groups in total. The lowest BCUT2D eigenvalue weighted by atomic mass is 10.3. The third-order valence-electron chi connectivity index (χ3n) is 2.74. The van der Waals surface area contributed by atoms with Gasteiger partial charge in [0, 0.05) is 26.1 Å². The maximum atomic E-state index is 5.64. The molecule has 2 heterocycles. The molecule has 1 atom stereocenters. The van der Waals surface area contributed by atoms with Crippen LogP contribution in [-0.2, 0) is 17.7 Å². The fraction of sp³-hybridized carbons (Fsp3) is 0.818. The van der Waals surface area contributed by atoms with Crippen molar-refractivity contribution in [2.75, 3.05) is 33.3 Å². The largest absolute Gasteiger partial charge is 0.374 e. The molecular formula is C11H20N4O2. The topological polar surface area (TPSA) is 63.4 Å². The second kappa shape index (κ2) is 6.09. The van der Waals surface area contributed by atoms with Gasteiger partial charge >= 0.3 is 0 Å². The molecule has 1 unspecified atom stereocenters. The summed E-state index contributed by atoms with van der Waals surface area (Å²) in [5, 5.41) is 7.25. The van der Waals surface area contributed by atoms with E-state index in [1.165, 1.54) is 0 Å². The van der Waals surface area contributed by atoms with Crippen molar-refractivity contribution in [3.05, 3.63) is 11.7 Å². The summed E-state index contributed by atoms with van der Waals surface area (Å²) in [6.07, 6.45) is 1.04. The molecule has 2 rings (SSSR count). The third kappa shape index (κ3) is 3.76. The van der Waals surface area contributed by atoms with E-state index >= 15 is 0 Å². The summed E-state index contributed by atoms with van der Waals surface area (Å²) in [5.74, 6) is 1.44. The van der Waals surface area contributed by atoms with Crippen LogP contribution in [0.3, 0.4) is 0 Å². The zero-order valence-electron chi connectivity index (χ0n) is 10.5. The van der Waals surface area contributed by atoms with Gasteiger partial charge < -0.3 is 14.6 Å². The number of morpholine rings is 1. The summed E-state index contributed by atoms with van der Waals surface area (Å²) in [7, 11) is 2.04. The van der Waals surface area contributed by atoms with E-state index in [1.54, 1.807) is 0 Å². The summed E-state index contributed by atoms with van der Waals surface area (Å²) in [6, 6.07) is 0. The van der Waals surface area contributed by atoms with Gasteiger partial charge in [0.1, 0.15) is 0 Å². The number of hydrogen-bond acceptors (Lipinski definition) is 6. The molecule has 0 aliphatic carbocycles. The molecule has 6 heteroatoms. The van der Waals surface area contributed by atoms with Crippen LogP contribution < -0.4 is 5.32 Å². The Morgan fingerprint density at radius 3 is 3.06 bits per heavy atom. The van der Waals surface area contributed by atoms with Crippen LogP contribution in [0.25, 0.3) is 0 Å². The van der Waals surface area contributed by atoms with E-state index < -0.39 is 0 Å². The van der Waals surface area contributed by atoms with Crippen LogP contribution in [0.4, 0.5) is 0 Å². The Kier molecular flexibility index (Phi) is 4.47. The predicted octanol–water partition coefficient (Wildman–Crippen LogP) is 0.0522. The molecule has 0 aromatic carbocycles. The monoisotopic (exact) mass is 240 g/mol. The van der Waals surface area contributed by atoms with Crippen molar-refractivity contribution < 1.29 is 9.26 Å². The molecule has 1 aliphatic rings. The quantitative estimate of drug-likeness (QED) is 0.785. The molecule has 1 aromatic heterocycles. The average molecular weight is 240 g/mol. The lowest BCUT2D eigenvalue weighted by molar-refractivity contribution is 0.00840. The molecule has 1 saturated heterocycles. The fourth-order valence-electron chi connectivity index (χ4n) is 1.89. The van der Waals surface area contributed by atoms with E-state index in [2.05, 4.69) is 20.4 Å². The van der Waals surface area contributed by atoms with E-state index in [0.717, 1.165) is 38.5 Å². The van der Waals surface area contributed by atoms with Gasteiger partial charge in [-0.2, -0.15) is 4.98 Å². The highest BCUT2D eigenvalue weighted by atomic mass is 16.5. The van der Waals surface area contributed by atoms with Gasteiger partial charge in [0.05, 0.1) is 19.3 Å². The Morgan fingerprint density at radius 1 is 1.53 bits per heavy atom. The first-order valence-electron chi connectivity index (χ1n) is 6.10. The number of likely N-dealkylation sites (N-methyl/N-ethyl adjacent to an activating group) is 1. The number of aromatic nitrogens is 2. The van der Waals surface area contributed by atoms with Crippen molar-refractivity contribution in [2.24, 2.45) is 0 Å². The highest BCUT2D eigenvalue weighted by Gasteiger charge is 2.16. The highest BCUT2D eigenvalue weighted by molar-refractivity contribution is 4.86. The van der Waals surface area contributed by atoms with Crippen molar-refractivity contribution in [3.63, 3.8) is 0 Å². The predicted molar refractivity (Wildman–Crippen MR) is 62.6 cm³/mol. The van der Waals surface area contributed by atoms with E-state index in [4.69, 9.17) is 9.26 Å². The molecule has 6 nitrogen and oxygen atoms in total. The summed E-state index contributed by atoms with van der Waals surface area (Å²) in [6.45, 7) is 6.23. The minimum absolute atomic E-state index is 0.256. The number of rotatable bonds is 5. The molecule has 96 valence electrons. The molecule has 1 aromatic rings. The van der Waals surface area contributed by atoms with Gasteiger partial charge in [-0.1, -0.05) is 12.1 Å². The first-order chi connectivity index (χ1) is 8.28. The summed E-state index contributed by atoms with van der Waals surface area (Å²) in [5.41, 5.74) is 0. The van der Waals surface area contributed by atoms with E-state index in [1.807, 2.05) is 14.0 Å². The Balaban J connectivity index is 1.77. The fourth-order valence-corrected chi connectivity index (χ4v) is 1.89. The maximum Gasteiger partial charge on any atom is 0.226 e. The second-order valence-electron chi connectivity index (χ2n) is 4.35. The SMILES string of the molecule is CCc1nc(CN(C)CC2CNCCO2)no1. The molecule has 0 amide bonds. The van der Waals surface area contributed by atoms with Gasteiger partial charge in [-0.25, -0.2) is 0 Å². The molecule has 1 aliphatic heterocycles. The second-order valence-corrected chi connectivity index (χ2v) is 4.35. The van der Waals surface area contributed by atoms with Crippen molar-refractivity contribution >= 4 is 0 Å². The van der Waals surface area contributed by atoms with Crippen LogP contribution in [0.2, 0.25) is 0 Å². The van der Waals surface area contributed by atoms with Crippen LogP contribution in [0, 0.1) is 0 Å². The van der Waals surface area contributed by atoms with E-state index in [-0.39, 0.29) is 6.10 Å². The Hall–Kier alpha value is -0.980. The lowest BCUT2D eigenvalue weighted by Gasteiger charge is -2.27. The van der Waals surface area contributed by atoms with Crippen LogP contribution in [0.5, 0.6) is 0 Å². The third-order valence-corrected chi connectivity index (χ3v) is 2.74. The van der Waals surface area contributed by atoms with Crippen molar-refractivity contribution in [1.82, 2.24) is 20.4 Å². The van der Waals surface area contributed by atoms with Crippen LogP contribution in [0.1, 0.15) is 18.6 Å². The Bertz CT molecular complexity index is 336. The van der Waals surface area contributed by atoms with Crippen LogP contribution >= 0.6 is 0 Å². The Morgan fingerprint density at radius 2 is 2.41 bits per heavy atom. The van der Waals surface area contributed by atoms with Gasteiger partial charge in [0.15, 0.2) is 5.82 Å². The molecular weight excluding hydrogens is 220 g/mol. The Labute approximate surface area is 101 Å². The summed E-state index contributed by atoms with van der Waals surface area (Å²) >= 11 is 0. The molecule has 0 bridgehead atoms. The number of ether oxygens (including phenoxy) is 1. The van der Waals surface area contributed by atoms with Gasteiger partial charge in [0.2, 0.25) is 5.89 Å². The van der Waals surface area contributed by atoms with Crippen LogP contribution in [-0.4, -0.2) is 54.4 Å². The average Bonchev–Trinajstić information content (AvgIpc) is 2.78. The molecule has 0 radical (unpaired) electrons. The minimum atomic E-state index is 0.256. The molecule has 0 saturated carbocycles. The smallest absolute Gasteiger partial charge is 0.226 e. The highest BCUT2D eigenvalue weighted by Crippen LogP contribution is 2.04. The van der Waals surface area contributed by atoms with Gasteiger partial charge in [0.25, 0.3) is 0 Å². The van der Waals surface area contributed by atoms with Crippen molar-refractivity contribution in [1.29, 1.82) is 0 Å². The number of nitrogens with zero attached hydrogens (tertiary/aromatic N) is 3. The zero-order chi connectivity index (χ0) is 12.1. The normalized spacial score (nSPS) is 21.0. The van der Waals surface area contributed by atoms with E-state index in [0.29, 0.717) is 12.4 Å². The van der Waals surface area contributed by atoms with Crippen LogP contribution in [0.15, 0.2) is 4.52 Å². The lowest BCUT2D eigenvalue weighted by Crippen LogP contribution is -2.44.